The average molecular weight is 255 g/mol. The number of rotatable bonds is 6. The van der Waals surface area contributed by atoms with Crippen molar-refractivity contribution in [2.75, 3.05) is 26.1 Å². The molecule has 0 aromatic carbocycles. The van der Waals surface area contributed by atoms with E-state index in [1.165, 1.54) is 12.3 Å². The van der Waals surface area contributed by atoms with Gasteiger partial charge in [0.15, 0.2) is 11.6 Å². The van der Waals surface area contributed by atoms with Gasteiger partial charge in [0.1, 0.15) is 0 Å². The zero-order valence-electron chi connectivity index (χ0n) is 10.8. The molecule has 0 fully saturated rings. The van der Waals surface area contributed by atoms with Gasteiger partial charge in [-0.2, -0.15) is 0 Å². The van der Waals surface area contributed by atoms with Crippen LogP contribution in [-0.2, 0) is 4.74 Å². The van der Waals surface area contributed by atoms with Crippen LogP contribution in [-0.4, -0.2) is 37.7 Å². The van der Waals surface area contributed by atoms with Crippen LogP contribution in [0.15, 0.2) is 12.3 Å². The van der Waals surface area contributed by atoms with Crippen LogP contribution in [0.3, 0.4) is 0 Å². The Kier molecular flexibility index (Phi) is 5.51. The molecule has 1 rings (SSSR count). The second-order valence-corrected chi connectivity index (χ2v) is 3.81. The van der Waals surface area contributed by atoms with Crippen molar-refractivity contribution in [1.29, 1.82) is 0 Å². The minimum atomic E-state index is -0.648. The van der Waals surface area contributed by atoms with Gasteiger partial charge in [0.2, 0.25) is 0 Å². The minimum absolute atomic E-state index is 0.0242. The predicted octanol–water partition coefficient (Wildman–Crippen LogP) is 1.42. The van der Waals surface area contributed by atoms with Crippen LogP contribution in [0, 0.1) is 5.82 Å². The summed E-state index contributed by atoms with van der Waals surface area (Å²) in [5, 5.41) is 5.31. The lowest BCUT2D eigenvalue weighted by Gasteiger charge is -2.16. The zero-order valence-corrected chi connectivity index (χ0v) is 10.8. The molecule has 1 amide bonds. The molecule has 0 bridgehead atoms. The molecule has 1 unspecified atom stereocenters. The van der Waals surface area contributed by atoms with E-state index in [2.05, 4.69) is 15.6 Å². The summed E-state index contributed by atoms with van der Waals surface area (Å²) in [6.45, 7) is 2.32. The second kappa shape index (κ2) is 6.90. The number of carbonyl (C=O) groups excluding carboxylic acids is 1. The van der Waals surface area contributed by atoms with Gasteiger partial charge in [-0.05, 0) is 12.5 Å². The normalized spacial score (nSPS) is 12.0. The molecule has 0 aliphatic carbocycles. The van der Waals surface area contributed by atoms with Crippen molar-refractivity contribution in [1.82, 2.24) is 10.3 Å². The fourth-order valence-electron chi connectivity index (χ4n) is 1.52. The maximum Gasteiger partial charge on any atom is 0.254 e. The van der Waals surface area contributed by atoms with Crippen molar-refractivity contribution in [2.45, 2.75) is 19.4 Å². The number of methoxy groups -OCH3 is 1. The van der Waals surface area contributed by atoms with Gasteiger partial charge in [-0.1, -0.05) is 6.92 Å². The maximum atomic E-state index is 13.8. The van der Waals surface area contributed by atoms with Crippen LogP contribution in [0.1, 0.15) is 23.7 Å². The number of ether oxygens (including phenoxy) is 1. The van der Waals surface area contributed by atoms with Crippen molar-refractivity contribution < 1.29 is 13.9 Å². The highest BCUT2D eigenvalue weighted by molar-refractivity contribution is 5.95. The minimum Gasteiger partial charge on any atom is -0.383 e. The third kappa shape index (κ3) is 3.40. The van der Waals surface area contributed by atoms with Crippen molar-refractivity contribution in [3.8, 4) is 0 Å². The Balaban J connectivity index is 2.84. The first kappa shape index (κ1) is 14.4. The molecule has 0 aliphatic heterocycles. The first-order valence-corrected chi connectivity index (χ1v) is 5.76. The first-order chi connectivity index (χ1) is 8.63. The van der Waals surface area contributed by atoms with Crippen LogP contribution >= 0.6 is 0 Å². The van der Waals surface area contributed by atoms with E-state index in [4.69, 9.17) is 4.74 Å². The highest BCUT2D eigenvalue weighted by Gasteiger charge is 2.18. The van der Waals surface area contributed by atoms with Gasteiger partial charge >= 0.3 is 0 Å². The molecule has 18 heavy (non-hydrogen) atoms. The molecule has 2 N–H and O–H groups in total. The standard InChI is InChI=1S/C12H18FN3O2/c1-4-8(7-18-3)16-12(17)9-5-6-15-11(14-2)10(9)13/h5-6,8H,4,7H2,1-3H3,(H,14,15)(H,16,17). The molecule has 0 spiro atoms. The number of nitrogens with zero attached hydrogens (tertiary/aromatic N) is 1. The summed E-state index contributed by atoms with van der Waals surface area (Å²) in [6.07, 6.45) is 2.10. The monoisotopic (exact) mass is 255 g/mol. The van der Waals surface area contributed by atoms with Gasteiger partial charge in [-0.25, -0.2) is 9.37 Å². The molecule has 5 nitrogen and oxygen atoms in total. The van der Waals surface area contributed by atoms with Crippen molar-refractivity contribution >= 4 is 11.7 Å². The Hall–Kier alpha value is -1.69. The van der Waals surface area contributed by atoms with E-state index in [9.17, 15) is 9.18 Å². The Morgan fingerprint density at radius 1 is 1.61 bits per heavy atom. The molecule has 1 atom stereocenters. The summed E-state index contributed by atoms with van der Waals surface area (Å²) in [5.74, 6) is -1.05. The van der Waals surface area contributed by atoms with Gasteiger partial charge in [0.25, 0.3) is 5.91 Å². The highest BCUT2D eigenvalue weighted by Crippen LogP contribution is 2.14. The number of nitrogens with one attached hydrogen (secondary N) is 2. The second-order valence-electron chi connectivity index (χ2n) is 3.81. The zero-order chi connectivity index (χ0) is 13.5. The SMILES string of the molecule is CCC(COC)NC(=O)c1ccnc(NC)c1F. The van der Waals surface area contributed by atoms with Crippen LogP contribution in [0.5, 0.6) is 0 Å². The lowest BCUT2D eigenvalue weighted by Crippen LogP contribution is -2.38. The molecular weight excluding hydrogens is 237 g/mol. The number of anilines is 1. The van der Waals surface area contributed by atoms with E-state index >= 15 is 0 Å². The molecule has 0 aliphatic rings. The van der Waals surface area contributed by atoms with Gasteiger partial charge in [0.05, 0.1) is 18.2 Å². The third-order valence-electron chi connectivity index (χ3n) is 2.57. The van der Waals surface area contributed by atoms with E-state index in [0.717, 1.165) is 0 Å². The summed E-state index contributed by atoms with van der Waals surface area (Å²) in [6, 6.07) is 1.22. The van der Waals surface area contributed by atoms with E-state index in [-0.39, 0.29) is 17.4 Å². The van der Waals surface area contributed by atoms with Gasteiger partial charge in [0, 0.05) is 20.4 Å². The third-order valence-corrected chi connectivity index (χ3v) is 2.57. The predicted molar refractivity (Wildman–Crippen MR) is 67.2 cm³/mol. The molecule has 1 aromatic rings. The van der Waals surface area contributed by atoms with E-state index in [1.54, 1.807) is 14.2 Å². The Bertz CT molecular complexity index is 412. The molecule has 6 heteroatoms. The van der Waals surface area contributed by atoms with Crippen molar-refractivity contribution in [2.24, 2.45) is 0 Å². The quantitative estimate of drug-likeness (QED) is 0.807. The van der Waals surface area contributed by atoms with Crippen molar-refractivity contribution in [3.05, 3.63) is 23.6 Å². The number of halogens is 1. The molecule has 0 saturated heterocycles. The molecule has 1 aromatic heterocycles. The lowest BCUT2D eigenvalue weighted by atomic mass is 10.2. The van der Waals surface area contributed by atoms with Gasteiger partial charge in [-0.3, -0.25) is 4.79 Å². The molecular formula is C12H18FN3O2. The molecule has 1 heterocycles. The van der Waals surface area contributed by atoms with Crippen molar-refractivity contribution in [3.63, 3.8) is 0 Å². The topological polar surface area (TPSA) is 63.2 Å². The smallest absolute Gasteiger partial charge is 0.254 e. The Labute approximate surface area is 106 Å². The lowest BCUT2D eigenvalue weighted by molar-refractivity contribution is 0.0890. The summed E-state index contributed by atoms with van der Waals surface area (Å²) in [4.78, 5) is 15.7. The Morgan fingerprint density at radius 3 is 2.89 bits per heavy atom. The number of aromatic nitrogens is 1. The summed E-state index contributed by atoms with van der Waals surface area (Å²) in [7, 11) is 3.10. The molecule has 0 radical (unpaired) electrons. The average Bonchev–Trinajstić information content (AvgIpc) is 2.38. The molecule has 100 valence electrons. The summed E-state index contributed by atoms with van der Waals surface area (Å²) < 4.78 is 18.8. The van der Waals surface area contributed by atoms with Crippen LogP contribution in [0.25, 0.3) is 0 Å². The number of carbonyl (C=O) groups is 1. The number of hydrogen-bond donors (Lipinski definition) is 2. The fourth-order valence-corrected chi connectivity index (χ4v) is 1.52. The molecule has 0 saturated carbocycles. The number of amides is 1. The largest absolute Gasteiger partial charge is 0.383 e. The van der Waals surface area contributed by atoms with E-state index in [1.807, 2.05) is 6.92 Å². The number of pyridine rings is 1. The highest BCUT2D eigenvalue weighted by atomic mass is 19.1. The fraction of sp³-hybridized carbons (Fsp3) is 0.500. The Morgan fingerprint density at radius 2 is 2.33 bits per heavy atom. The number of hydrogen-bond acceptors (Lipinski definition) is 4. The summed E-state index contributed by atoms with van der Waals surface area (Å²) in [5.41, 5.74) is -0.0242. The maximum absolute atomic E-state index is 13.8. The van der Waals surface area contributed by atoms with E-state index in [0.29, 0.717) is 13.0 Å². The van der Waals surface area contributed by atoms with Crippen LogP contribution < -0.4 is 10.6 Å². The van der Waals surface area contributed by atoms with Crippen LogP contribution in [0.4, 0.5) is 10.2 Å². The van der Waals surface area contributed by atoms with Gasteiger partial charge < -0.3 is 15.4 Å². The van der Waals surface area contributed by atoms with E-state index < -0.39 is 11.7 Å². The summed E-state index contributed by atoms with van der Waals surface area (Å²) >= 11 is 0. The van der Waals surface area contributed by atoms with Crippen LogP contribution in [0.2, 0.25) is 0 Å². The first-order valence-electron chi connectivity index (χ1n) is 5.76. The van der Waals surface area contributed by atoms with Gasteiger partial charge in [-0.15, -0.1) is 0 Å².